The summed E-state index contributed by atoms with van der Waals surface area (Å²) in [6.07, 6.45) is 1.05. The van der Waals surface area contributed by atoms with Crippen LogP contribution >= 0.6 is 11.6 Å². The average molecular weight is 259 g/mol. The molecule has 0 bridgehead atoms. The van der Waals surface area contributed by atoms with Crippen LogP contribution in [0.5, 0.6) is 0 Å². The molecule has 0 aliphatic carbocycles. The summed E-state index contributed by atoms with van der Waals surface area (Å²) in [7, 11) is 6.07. The smallest absolute Gasteiger partial charge is 0.125 e. The number of hydrogen-bond donors (Lipinski definition) is 0. The Morgan fingerprint density at radius 2 is 1.82 bits per heavy atom. The van der Waals surface area contributed by atoms with Crippen LogP contribution in [0.2, 0.25) is 0 Å². The van der Waals surface area contributed by atoms with Crippen molar-refractivity contribution < 1.29 is 4.39 Å². The van der Waals surface area contributed by atoms with E-state index in [1.165, 1.54) is 6.07 Å². The van der Waals surface area contributed by atoms with Gasteiger partial charge >= 0.3 is 0 Å². The summed E-state index contributed by atoms with van der Waals surface area (Å²) in [5, 5.41) is 0. The molecule has 0 saturated carbocycles. The first-order valence-electron chi connectivity index (χ1n) is 5.74. The van der Waals surface area contributed by atoms with Gasteiger partial charge in [-0.25, -0.2) is 4.39 Å². The van der Waals surface area contributed by atoms with E-state index in [1.54, 1.807) is 6.07 Å². The molecule has 96 valence electrons. The Morgan fingerprint density at radius 1 is 1.12 bits per heavy atom. The molecule has 0 atom stereocenters. The van der Waals surface area contributed by atoms with Crippen LogP contribution in [0.15, 0.2) is 18.2 Å². The molecular weight excluding hydrogens is 239 g/mol. The molecule has 0 fully saturated rings. The summed E-state index contributed by atoms with van der Waals surface area (Å²) in [5.74, 6) is 0.119. The van der Waals surface area contributed by atoms with Gasteiger partial charge in [-0.1, -0.05) is 0 Å². The first-order valence-corrected chi connectivity index (χ1v) is 6.27. The van der Waals surface area contributed by atoms with E-state index in [2.05, 4.69) is 9.80 Å². The Labute approximate surface area is 108 Å². The van der Waals surface area contributed by atoms with Crippen LogP contribution in [0.1, 0.15) is 12.0 Å². The lowest BCUT2D eigenvalue weighted by Gasteiger charge is -2.21. The largest absolute Gasteiger partial charge is 0.374 e. The number of alkyl halides is 1. The zero-order chi connectivity index (χ0) is 12.8. The summed E-state index contributed by atoms with van der Waals surface area (Å²) in [4.78, 5) is 4.20. The molecule has 1 aromatic carbocycles. The number of anilines is 1. The van der Waals surface area contributed by atoms with E-state index in [0.717, 1.165) is 30.8 Å². The molecule has 0 aliphatic rings. The van der Waals surface area contributed by atoms with Gasteiger partial charge in [0.15, 0.2) is 0 Å². The van der Waals surface area contributed by atoms with E-state index in [9.17, 15) is 4.39 Å². The lowest BCUT2D eigenvalue weighted by atomic mass is 10.2. The Morgan fingerprint density at radius 3 is 2.41 bits per heavy atom. The van der Waals surface area contributed by atoms with Gasteiger partial charge in [0, 0.05) is 25.2 Å². The Balaban J connectivity index is 2.61. The molecule has 0 N–H and O–H groups in total. The number of halogens is 2. The lowest BCUT2D eigenvalue weighted by molar-refractivity contribution is 0.401. The second kappa shape index (κ2) is 6.82. The number of rotatable bonds is 6. The first kappa shape index (κ1) is 14.3. The van der Waals surface area contributed by atoms with Crippen molar-refractivity contribution in [1.82, 2.24) is 4.90 Å². The van der Waals surface area contributed by atoms with Crippen molar-refractivity contribution >= 4 is 17.3 Å². The van der Waals surface area contributed by atoms with Gasteiger partial charge in [-0.2, -0.15) is 0 Å². The maximum absolute atomic E-state index is 13.3. The first-order chi connectivity index (χ1) is 8.02. The topological polar surface area (TPSA) is 6.48 Å². The van der Waals surface area contributed by atoms with Gasteiger partial charge in [0.25, 0.3) is 0 Å². The van der Waals surface area contributed by atoms with Crippen molar-refractivity contribution in [3.8, 4) is 0 Å². The number of benzene rings is 1. The predicted octanol–water partition coefficient (Wildman–Crippen LogP) is 2.95. The summed E-state index contributed by atoms with van der Waals surface area (Å²) in [5.41, 5.74) is 1.71. The van der Waals surface area contributed by atoms with Gasteiger partial charge in [-0.3, -0.25) is 0 Å². The molecule has 0 aromatic heterocycles. The average Bonchev–Trinajstić information content (AvgIpc) is 2.27. The monoisotopic (exact) mass is 258 g/mol. The fraction of sp³-hybridized carbons (Fsp3) is 0.538. The van der Waals surface area contributed by atoms with Crippen LogP contribution in [0.4, 0.5) is 10.1 Å². The van der Waals surface area contributed by atoms with Crippen molar-refractivity contribution in [3.63, 3.8) is 0 Å². The third kappa shape index (κ3) is 4.92. The Kier molecular flexibility index (Phi) is 5.72. The van der Waals surface area contributed by atoms with Crippen LogP contribution in [0.3, 0.4) is 0 Å². The maximum Gasteiger partial charge on any atom is 0.125 e. The van der Waals surface area contributed by atoms with Gasteiger partial charge in [-0.05, 0) is 50.8 Å². The third-order valence-electron chi connectivity index (χ3n) is 2.64. The molecule has 0 amide bonds. The highest BCUT2D eigenvalue weighted by molar-refractivity contribution is 6.17. The molecule has 0 aliphatic heterocycles. The standard InChI is InChI=1S/C13H20ClFN2/c1-16(2)5-4-6-17(3)13-8-11(10-14)7-12(15)9-13/h7-9H,4-6,10H2,1-3H3. The van der Waals surface area contributed by atoms with Gasteiger partial charge in [-0.15, -0.1) is 11.6 Å². The predicted molar refractivity (Wildman–Crippen MR) is 72.4 cm³/mol. The zero-order valence-electron chi connectivity index (χ0n) is 10.7. The zero-order valence-corrected chi connectivity index (χ0v) is 11.5. The number of hydrogen-bond acceptors (Lipinski definition) is 2. The number of nitrogens with zero attached hydrogens (tertiary/aromatic N) is 2. The van der Waals surface area contributed by atoms with Gasteiger partial charge in [0.05, 0.1) is 0 Å². The van der Waals surface area contributed by atoms with Gasteiger partial charge < -0.3 is 9.80 Å². The minimum absolute atomic E-state index is 0.224. The van der Waals surface area contributed by atoms with Crippen molar-refractivity contribution in [1.29, 1.82) is 0 Å². The highest BCUT2D eigenvalue weighted by atomic mass is 35.5. The van der Waals surface area contributed by atoms with Crippen LogP contribution in [0.25, 0.3) is 0 Å². The van der Waals surface area contributed by atoms with E-state index >= 15 is 0 Å². The molecule has 1 rings (SSSR count). The van der Waals surface area contributed by atoms with E-state index in [4.69, 9.17) is 11.6 Å². The van der Waals surface area contributed by atoms with Crippen molar-refractivity contribution in [3.05, 3.63) is 29.6 Å². The van der Waals surface area contributed by atoms with Crippen molar-refractivity contribution in [2.75, 3.05) is 39.1 Å². The highest BCUT2D eigenvalue weighted by Gasteiger charge is 2.05. The minimum Gasteiger partial charge on any atom is -0.374 e. The van der Waals surface area contributed by atoms with Crippen molar-refractivity contribution in [2.45, 2.75) is 12.3 Å². The van der Waals surface area contributed by atoms with Crippen LogP contribution in [0, 0.1) is 5.82 Å². The Hall–Kier alpha value is -0.800. The van der Waals surface area contributed by atoms with E-state index in [1.807, 2.05) is 27.2 Å². The normalized spacial score (nSPS) is 10.9. The maximum atomic E-state index is 13.3. The quantitative estimate of drug-likeness (QED) is 0.724. The van der Waals surface area contributed by atoms with Crippen molar-refractivity contribution in [2.24, 2.45) is 0 Å². The molecular formula is C13H20ClFN2. The second-order valence-corrected chi connectivity index (χ2v) is 4.80. The molecule has 0 heterocycles. The van der Waals surface area contributed by atoms with E-state index in [-0.39, 0.29) is 5.82 Å². The molecule has 0 spiro atoms. The summed E-state index contributed by atoms with van der Waals surface area (Å²) in [6.45, 7) is 1.94. The van der Waals surface area contributed by atoms with Crippen LogP contribution in [-0.2, 0) is 5.88 Å². The second-order valence-electron chi connectivity index (χ2n) is 4.53. The molecule has 0 radical (unpaired) electrons. The molecule has 4 heteroatoms. The van der Waals surface area contributed by atoms with Gasteiger partial charge in [0.2, 0.25) is 0 Å². The molecule has 1 aromatic rings. The summed E-state index contributed by atoms with van der Waals surface area (Å²) >= 11 is 5.73. The van der Waals surface area contributed by atoms with Crippen LogP contribution < -0.4 is 4.90 Å². The molecule has 17 heavy (non-hydrogen) atoms. The molecule has 0 unspecified atom stereocenters. The Bertz CT molecular complexity index is 355. The fourth-order valence-corrected chi connectivity index (χ4v) is 1.84. The third-order valence-corrected chi connectivity index (χ3v) is 2.94. The fourth-order valence-electron chi connectivity index (χ4n) is 1.68. The minimum atomic E-state index is -0.224. The van der Waals surface area contributed by atoms with Crippen LogP contribution in [-0.4, -0.2) is 39.1 Å². The summed E-state index contributed by atoms with van der Waals surface area (Å²) in [6, 6.07) is 4.96. The molecule has 0 saturated heterocycles. The SMILES string of the molecule is CN(C)CCCN(C)c1cc(F)cc(CCl)c1. The van der Waals surface area contributed by atoms with Gasteiger partial charge in [0.1, 0.15) is 5.82 Å². The van der Waals surface area contributed by atoms with E-state index in [0.29, 0.717) is 5.88 Å². The molecule has 2 nitrogen and oxygen atoms in total. The lowest BCUT2D eigenvalue weighted by Crippen LogP contribution is -2.23. The highest BCUT2D eigenvalue weighted by Crippen LogP contribution is 2.19. The van der Waals surface area contributed by atoms with E-state index < -0.39 is 0 Å². The summed E-state index contributed by atoms with van der Waals surface area (Å²) < 4.78 is 13.3.